The molecule has 2 fully saturated rings. The Morgan fingerprint density at radius 1 is 0.848 bits per heavy atom. The van der Waals surface area contributed by atoms with Gasteiger partial charge in [-0.1, -0.05) is 73.2 Å². The van der Waals surface area contributed by atoms with Gasteiger partial charge in [0.05, 0.1) is 12.7 Å². The van der Waals surface area contributed by atoms with Crippen LogP contribution in [0.15, 0.2) is 66.7 Å². The van der Waals surface area contributed by atoms with Crippen LogP contribution in [0.2, 0.25) is 0 Å². The van der Waals surface area contributed by atoms with E-state index in [1.54, 1.807) is 0 Å². The molecule has 0 amide bonds. The maximum atomic E-state index is 8.98. The maximum absolute atomic E-state index is 8.98. The normalized spacial score (nSPS) is 24.0. The summed E-state index contributed by atoms with van der Waals surface area (Å²) in [6.07, 6.45) is 15.6. The van der Waals surface area contributed by atoms with Crippen LogP contribution in [0.1, 0.15) is 63.4 Å². The smallest absolute Gasteiger partial charge is 0.0720 e. The van der Waals surface area contributed by atoms with Crippen molar-refractivity contribution in [3.05, 3.63) is 72.3 Å². The van der Waals surface area contributed by atoms with Gasteiger partial charge in [-0.05, 0) is 81.1 Å². The predicted octanol–water partition coefficient (Wildman–Crippen LogP) is 6.61. The lowest BCUT2D eigenvalue weighted by Gasteiger charge is -2.37. The molecule has 0 unspecified atom stereocenters. The van der Waals surface area contributed by atoms with Gasteiger partial charge in [0.25, 0.3) is 0 Å². The van der Waals surface area contributed by atoms with E-state index in [1.165, 1.54) is 68.3 Å². The number of nitrogens with zero attached hydrogens (tertiary/aromatic N) is 1. The molecule has 2 aromatic carbocycles. The fourth-order valence-electron chi connectivity index (χ4n) is 5.66. The lowest BCUT2D eigenvalue weighted by Crippen LogP contribution is -2.43. The van der Waals surface area contributed by atoms with Gasteiger partial charge in [-0.2, -0.15) is 0 Å². The third kappa shape index (κ3) is 7.02. The van der Waals surface area contributed by atoms with Crippen molar-refractivity contribution in [2.75, 3.05) is 19.7 Å². The van der Waals surface area contributed by atoms with Crippen LogP contribution in [-0.2, 0) is 11.3 Å². The van der Waals surface area contributed by atoms with Crippen LogP contribution < -0.4 is 0 Å². The van der Waals surface area contributed by atoms with E-state index < -0.39 is 0 Å². The van der Waals surface area contributed by atoms with Crippen LogP contribution in [-0.4, -0.2) is 41.8 Å². The second-order valence-electron chi connectivity index (χ2n) is 9.73. The molecule has 3 nitrogen and oxygen atoms in total. The molecule has 0 bridgehead atoms. The molecule has 1 aliphatic heterocycles. The summed E-state index contributed by atoms with van der Waals surface area (Å²) in [5, 5.41) is 8.98. The summed E-state index contributed by atoms with van der Waals surface area (Å²) in [6.45, 7) is 3.52. The van der Waals surface area contributed by atoms with Crippen molar-refractivity contribution >= 4 is 0 Å². The van der Waals surface area contributed by atoms with Crippen molar-refractivity contribution in [1.29, 1.82) is 0 Å². The maximum Gasteiger partial charge on any atom is 0.0720 e. The van der Waals surface area contributed by atoms with Gasteiger partial charge in [0, 0.05) is 18.6 Å². The molecule has 2 aliphatic rings. The number of hydrogen-bond donors (Lipinski definition) is 1. The van der Waals surface area contributed by atoms with Gasteiger partial charge in [-0.25, -0.2) is 0 Å². The average molecular weight is 448 g/mol. The lowest BCUT2D eigenvalue weighted by molar-refractivity contribution is -0.00352. The Morgan fingerprint density at radius 2 is 1.58 bits per heavy atom. The Hall–Kier alpha value is -1.94. The van der Waals surface area contributed by atoms with Gasteiger partial charge in [-0.3, -0.25) is 0 Å². The number of ether oxygens (including phenoxy) is 1. The molecule has 0 aromatic heterocycles. The van der Waals surface area contributed by atoms with Crippen molar-refractivity contribution in [2.45, 2.75) is 76.5 Å². The second kappa shape index (κ2) is 13.1. The van der Waals surface area contributed by atoms with E-state index in [0.29, 0.717) is 24.7 Å². The van der Waals surface area contributed by atoms with Gasteiger partial charge >= 0.3 is 0 Å². The fourth-order valence-corrected chi connectivity index (χ4v) is 5.66. The Morgan fingerprint density at radius 3 is 2.33 bits per heavy atom. The van der Waals surface area contributed by atoms with Gasteiger partial charge < -0.3 is 14.7 Å². The Balaban J connectivity index is 1.34. The van der Waals surface area contributed by atoms with Crippen molar-refractivity contribution in [3.63, 3.8) is 0 Å². The highest BCUT2D eigenvalue weighted by Crippen LogP contribution is 2.37. The number of aliphatic hydroxyl groups is 1. The van der Waals surface area contributed by atoms with Gasteiger partial charge in [-0.15, -0.1) is 0 Å². The quantitative estimate of drug-likeness (QED) is 0.311. The summed E-state index contributed by atoms with van der Waals surface area (Å²) in [4.78, 5) is 2.77. The standard InChI is InChI=1S/C30H41NO2/c32-23-11-3-1-2-8-14-28-29(31-21-9-5-10-22-31)19-20-30(28)33-24-25-15-17-27(18-16-25)26-12-6-4-7-13-26/h1-2,4,6-7,12-13,15-18,28-30,32H,3,5,8-11,14,19-24H2/t28-,29+,30+/m1/s1. The summed E-state index contributed by atoms with van der Waals surface area (Å²) in [5.74, 6) is 0.620. The number of rotatable bonds is 11. The topological polar surface area (TPSA) is 32.7 Å². The van der Waals surface area contributed by atoms with Crippen LogP contribution >= 0.6 is 0 Å². The Kier molecular flexibility index (Phi) is 9.59. The van der Waals surface area contributed by atoms with Crippen molar-refractivity contribution in [2.24, 2.45) is 5.92 Å². The third-order valence-electron chi connectivity index (χ3n) is 7.47. The molecule has 2 aromatic rings. The van der Waals surface area contributed by atoms with E-state index in [2.05, 4.69) is 71.6 Å². The summed E-state index contributed by atoms with van der Waals surface area (Å²) < 4.78 is 6.58. The number of unbranched alkanes of at least 4 members (excludes halogenated alkanes) is 1. The van der Waals surface area contributed by atoms with Crippen LogP contribution in [0, 0.1) is 5.92 Å². The fraction of sp³-hybridized carbons (Fsp3) is 0.533. The summed E-state index contributed by atoms with van der Waals surface area (Å²) in [6, 6.07) is 20.1. The highest BCUT2D eigenvalue weighted by Gasteiger charge is 2.39. The lowest BCUT2D eigenvalue weighted by atomic mass is 9.93. The van der Waals surface area contributed by atoms with Crippen LogP contribution in [0.25, 0.3) is 11.1 Å². The van der Waals surface area contributed by atoms with Crippen LogP contribution in [0.4, 0.5) is 0 Å². The summed E-state index contributed by atoms with van der Waals surface area (Å²) in [7, 11) is 0. The van der Waals surface area contributed by atoms with Gasteiger partial charge in [0.15, 0.2) is 0 Å². The zero-order valence-corrected chi connectivity index (χ0v) is 20.1. The SMILES string of the molecule is OCCCC=CCC[C@H]1[C@@H](OCc2ccc(-c3ccccc3)cc2)CC[C@@H]1N1CCCCC1. The summed E-state index contributed by atoms with van der Waals surface area (Å²) >= 11 is 0. The van der Waals surface area contributed by atoms with E-state index in [9.17, 15) is 0 Å². The molecule has 1 saturated heterocycles. The van der Waals surface area contributed by atoms with Crippen molar-refractivity contribution < 1.29 is 9.84 Å². The largest absolute Gasteiger partial charge is 0.396 e. The zero-order valence-electron chi connectivity index (χ0n) is 20.1. The van der Waals surface area contributed by atoms with E-state index in [-0.39, 0.29) is 6.61 Å². The Bertz CT molecular complexity index is 826. The van der Waals surface area contributed by atoms with E-state index in [4.69, 9.17) is 9.84 Å². The molecular weight excluding hydrogens is 406 g/mol. The predicted molar refractivity (Wildman–Crippen MR) is 137 cm³/mol. The van der Waals surface area contributed by atoms with E-state index >= 15 is 0 Å². The monoisotopic (exact) mass is 447 g/mol. The first-order valence-electron chi connectivity index (χ1n) is 13.1. The van der Waals surface area contributed by atoms with E-state index in [1.807, 2.05) is 0 Å². The minimum Gasteiger partial charge on any atom is -0.396 e. The van der Waals surface area contributed by atoms with E-state index in [0.717, 1.165) is 19.3 Å². The highest BCUT2D eigenvalue weighted by atomic mass is 16.5. The molecule has 4 rings (SSSR count). The average Bonchev–Trinajstić information content (AvgIpc) is 3.29. The summed E-state index contributed by atoms with van der Waals surface area (Å²) in [5.41, 5.74) is 3.78. The first kappa shape index (κ1) is 24.2. The molecular formula is C30H41NO2. The van der Waals surface area contributed by atoms with Gasteiger partial charge in [0.1, 0.15) is 0 Å². The molecule has 0 radical (unpaired) electrons. The highest BCUT2D eigenvalue weighted by molar-refractivity contribution is 5.63. The molecule has 3 atom stereocenters. The number of piperidine rings is 1. The zero-order chi connectivity index (χ0) is 22.7. The van der Waals surface area contributed by atoms with Crippen molar-refractivity contribution in [3.8, 4) is 11.1 Å². The molecule has 1 aliphatic carbocycles. The number of likely N-dealkylation sites (tertiary alicyclic amines) is 1. The molecule has 3 heteroatoms. The number of hydrogen-bond acceptors (Lipinski definition) is 3. The Labute approximate surface area is 200 Å². The number of benzene rings is 2. The molecule has 1 saturated carbocycles. The first-order valence-corrected chi connectivity index (χ1v) is 13.1. The third-order valence-corrected chi connectivity index (χ3v) is 7.47. The van der Waals surface area contributed by atoms with Crippen LogP contribution in [0.3, 0.4) is 0 Å². The van der Waals surface area contributed by atoms with Crippen molar-refractivity contribution in [1.82, 2.24) is 4.90 Å². The minimum atomic E-state index is 0.284. The molecule has 178 valence electrons. The molecule has 1 heterocycles. The first-order chi connectivity index (χ1) is 16.3. The number of aliphatic hydroxyl groups excluding tert-OH is 1. The molecule has 33 heavy (non-hydrogen) atoms. The molecule has 0 spiro atoms. The molecule has 1 N–H and O–H groups in total. The van der Waals surface area contributed by atoms with Crippen LogP contribution in [0.5, 0.6) is 0 Å². The minimum absolute atomic E-state index is 0.284. The second-order valence-corrected chi connectivity index (χ2v) is 9.73. The van der Waals surface area contributed by atoms with Gasteiger partial charge in [0.2, 0.25) is 0 Å². The number of allylic oxidation sites excluding steroid dienone is 2.